The fourth-order valence-electron chi connectivity index (χ4n) is 3.84. The molecule has 0 radical (unpaired) electrons. The highest BCUT2D eigenvalue weighted by atomic mass is 32.2. The number of amides is 1. The van der Waals surface area contributed by atoms with Crippen LogP contribution < -0.4 is 14.8 Å². The van der Waals surface area contributed by atoms with E-state index in [1.807, 2.05) is 0 Å². The number of hydrogen-bond acceptors (Lipinski definition) is 5. The predicted molar refractivity (Wildman–Crippen MR) is 122 cm³/mol. The molecule has 0 aromatic heterocycles. The average Bonchev–Trinajstić information content (AvgIpc) is 3.30. The van der Waals surface area contributed by atoms with Crippen LogP contribution in [0.2, 0.25) is 0 Å². The summed E-state index contributed by atoms with van der Waals surface area (Å²) in [6.07, 6.45) is 4.68. The molecule has 2 N–H and O–H groups in total. The maximum absolute atomic E-state index is 12.5. The van der Waals surface area contributed by atoms with Crippen molar-refractivity contribution in [2.45, 2.75) is 55.9 Å². The van der Waals surface area contributed by atoms with Crippen molar-refractivity contribution < 1.29 is 22.7 Å². The van der Waals surface area contributed by atoms with Crippen molar-refractivity contribution in [2.24, 2.45) is 0 Å². The van der Waals surface area contributed by atoms with E-state index in [4.69, 9.17) is 4.74 Å². The Balaban J connectivity index is 1.42. The van der Waals surface area contributed by atoms with Gasteiger partial charge >= 0.3 is 0 Å². The predicted octanol–water partition coefficient (Wildman–Crippen LogP) is 3.24. The van der Waals surface area contributed by atoms with E-state index < -0.39 is 10.0 Å². The van der Waals surface area contributed by atoms with Gasteiger partial charge in [0.2, 0.25) is 15.9 Å². The molecule has 2 aromatic rings. The van der Waals surface area contributed by atoms with Crippen molar-refractivity contribution in [1.82, 2.24) is 10.0 Å². The highest BCUT2D eigenvalue weighted by molar-refractivity contribution is 7.89. The van der Waals surface area contributed by atoms with Gasteiger partial charge in [-0.1, -0.05) is 37.1 Å². The van der Waals surface area contributed by atoms with Gasteiger partial charge in [-0.25, -0.2) is 13.1 Å². The van der Waals surface area contributed by atoms with E-state index in [0.29, 0.717) is 24.3 Å². The first kappa shape index (κ1) is 23.9. The molecule has 2 aromatic carbocycles. The van der Waals surface area contributed by atoms with Gasteiger partial charge in [0, 0.05) is 25.4 Å². The van der Waals surface area contributed by atoms with Gasteiger partial charge in [0.1, 0.15) is 5.75 Å². The van der Waals surface area contributed by atoms with E-state index in [1.165, 1.54) is 7.11 Å². The highest BCUT2D eigenvalue weighted by Gasteiger charge is 2.22. The minimum Gasteiger partial charge on any atom is -0.496 e. The molecule has 0 aliphatic heterocycles. The van der Waals surface area contributed by atoms with Crippen LogP contribution in [0.3, 0.4) is 0 Å². The second-order valence-corrected chi connectivity index (χ2v) is 9.68. The third kappa shape index (κ3) is 6.64. The van der Waals surface area contributed by atoms with Gasteiger partial charge in [-0.3, -0.25) is 9.59 Å². The van der Waals surface area contributed by atoms with Gasteiger partial charge in [-0.05, 0) is 49.1 Å². The Labute approximate surface area is 189 Å². The molecular formula is C24H30N2O5S. The van der Waals surface area contributed by atoms with E-state index in [1.54, 1.807) is 48.5 Å². The molecule has 0 spiro atoms. The van der Waals surface area contributed by atoms with E-state index >= 15 is 0 Å². The third-order valence-electron chi connectivity index (χ3n) is 5.63. The fraction of sp³-hybridized carbons (Fsp3) is 0.417. The standard InChI is InChI=1S/C24H30N2O5S/c1-31-23-9-5-4-8-21(23)22(27)14-15-24(28)25-17-16-18-10-12-20(13-11-18)32(29,30)26-19-6-2-3-7-19/h4-5,8-13,19,26H,2-3,6-7,14-17H2,1H3,(H,25,28). The van der Waals surface area contributed by atoms with E-state index in [2.05, 4.69) is 10.0 Å². The molecule has 7 nitrogen and oxygen atoms in total. The summed E-state index contributed by atoms with van der Waals surface area (Å²) >= 11 is 0. The number of rotatable bonds is 11. The monoisotopic (exact) mass is 458 g/mol. The van der Waals surface area contributed by atoms with Crippen LogP contribution in [0.15, 0.2) is 53.4 Å². The number of carbonyl (C=O) groups excluding carboxylic acids is 2. The van der Waals surface area contributed by atoms with Gasteiger partial charge in [0.25, 0.3) is 0 Å². The smallest absolute Gasteiger partial charge is 0.240 e. The van der Waals surface area contributed by atoms with E-state index in [0.717, 1.165) is 31.2 Å². The minimum atomic E-state index is -3.50. The zero-order valence-electron chi connectivity index (χ0n) is 18.3. The van der Waals surface area contributed by atoms with Crippen molar-refractivity contribution in [3.63, 3.8) is 0 Å². The Morgan fingerprint density at radius 1 is 1.00 bits per heavy atom. The molecule has 3 rings (SSSR count). The number of methoxy groups -OCH3 is 1. The maximum atomic E-state index is 12.5. The second kappa shape index (κ2) is 11.2. The molecule has 0 bridgehead atoms. The third-order valence-corrected chi connectivity index (χ3v) is 7.17. The molecule has 0 saturated heterocycles. The quantitative estimate of drug-likeness (QED) is 0.504. The lowest BCUT2D eigenvalue weighted by atomic mass is 10.1. The summed E-state index contributed by atoms with van der Waals surface area (Å²) in [4.78, 5) is 24.7. The van der Waals surface area contributed by atoms with E-state index in [-0.39, 0.29) is 35.5 Å². The number of ketones is 1. The Morgan fingerprint density at radius 3 is 2.38 bits per heavy atom. The summed E-state index contributed by atoms with van der Waals surface area (Å²) in [5.74, 6) is 0.163. The van der Waals surface area contributed by atoms with Gasteiger partial charge in [0.05, 0.1) is 17.6 Å². The van der Waals surface area contributed by atoms with Crippen LogP contribution in [0.1, 0.15) is 54.4 Å². The Kier molecular flexibility index (Phi) is 8.41. The molecule has 1 saturated carbocycles. The zero-order chi connectivity index (χ0) is 23.0. The first-order valence-corrected chi connectivity index (χ1v) is 12.4. The van der Waals surface area contributed by atoms with Gasteiger partial charge < -0.3 is 10.1 Å². The first-order valence-electron chi connectivity index (χ1n) is 10.9. The number of carbonyl (C=O) groups is 2. The number of benzene rings is 2. The summed E-state index contributed by atoms with van der Waals surface area (Å²) in [5.41, 5.74) is 1.40. The number of hydrogen-bond donors (Lipinski definition) is 2. The molecule has 8 heteroatoms. The molecular weight excluding hydrogens is 428 g/mol. The molecule has 1 fully saturated rings. The summed E-state index contributed by atoms with van der Waals surface area (Å²) in [7, 11) is -1.99. The molecule has 1 aliphatic carbocycles. The van der Waals surface area contributed by atoms with Crippen LogP contribution >= 0.6 is 0 Å². The number of Topliss-reactive ketones (excluding diaryl/α,β-unsaturated/α-hetero) is 1. The number of para-hydroxylation sites is 1. The molecule has 0 unspecified atom stereocenters. The molecule has 32 heavy (non-hydrogen) atoms. The molecule has 0 atom stereocenters. The topological polar surface area (TPSA) is 102 Å². The van der Waals surface area contributed by atoms with Crippen molar-refractivity contribution in [3.05, 3.63) is 59.7 Å². The number of ether oxygens (including phenoxy) is 1. The molecule has 0 heterocycles. The zero-order valence-corrected chi connectivity index (χ0v) is 19.1. The summed E-state index contributed by atoms with van der Waals surface area (Å²) in [6.45, 7) is 0.411. The Hall–Kier alpha value is -2.71. The maximum Gasteiger partial charge on any atom is 0.240 e. The first-order chi connectivity index (χ1) is 15.4. The summed E-state index contributed by atoms with van der Waals surface area (Å²) < 4.78 is 32.9. The number of nitrogens with one attached hydrogen (secondary N) is 2. The van der Waals surface area contributed by atoms with E-state index in [9.17, 15) is 18.0 Å². The van der Waals surface area contributed by atoms with Gasteiger partial charge in [-0.2, -0.15) is 0 Å². The second-order valence-electron chi connectivity index (χ2n) is 7.97. The molecule has 172 valence electrons. The highest BCUT2D eigenvalue weighted by Crippen LogP contribution is 2.21. The normalized spacial score (nSPS) is 14.3. The lowest BCUT2D eigenvalue weighted by molar-refractivity contribution is -0.121. The molecule has 1 aliphatic rings. The SMILES string of the molecule is COc1ccccc1C(=O)CCC(=O)NCCc1ccc(S(=O)(=O)NC2CCCC2)cc1. The van der Waals surface area contributed by atoms with Crippen molar-refractivity contribution in [1.29, 1.82) is 0 Å². The molecule has 1 amide bonds. The van der Waals surface area contributed by atoms with Gasteiger partial charge in [0.15, 0.2) is 5.78 Å². The van der Waals surface area contributed by atoms with Crippen LogP contribution in [-0.2, 0) is 21.2 Å². The lowest BCUT2D eigenvalue weighted by Gasteiger charge is -2.13. The van der Waals surface area contributed by atoms with Crippen LogP contribution in [-0.4, -0.2) is 39.8 Å². The van der Waals surface area contributed by atoms with Crippen LogP contribution in [0.25, 0.3) is 0 Å². The van der Waals surface area contributed by atoms with Crippen LogP contribution in [0.5, 0.6) is 5.75 Å². The summed E-state index contributed by atoms with van der Waals surface area (Å²) in [6, 6.07) is 13.7. The Bertz CT molecular complexity index is 1030. The largest absolute Gasteiger partial charge is 0.496 e. The lowest BCUT2D eigenvalue weighted by Crippen LogP contribution is -2.32. The van der Waals surface area contributed by atoms with Crippen LogP contribution in [0, 0.1) is 0 Å². The van der Waals surface area contributed by atoms with Crippen LogP contribution in [0.4, 0.5) is 0 Å². The van der Waals surface area contributed by atoms with Gasteiger partial charge in [-0.15, -0.1) is 0 Å². The fourth-order valence-corrected chi connectivity index (χ4v) is 5.14. The Morgan fingerprint density at radius 2 is 1.69 bits per heavy atom. The summed E-state index contributed by atoms with van der Waals surface area (Å²) in [5, 5.41) is 2.81. The average molecular weight is 459 g/mol. The van der Waals surface area contributed by atoms with Crippen molar-refractivity contribution in [3.8, 4) is 5.75 Å². The van der Waals surface area contributed by atoms with Crippen molar-refractivity contribution in [2.75, 3.05) is 13.7 Å². The van der Waals surface area contributed by atoms with Crippen molar-refractivity contribution >= 4 is 21.7 Å². The minimum absolute atomic E-state index is 0.0322. The number of sulfonamides is 1.